The Labute approximate surface area is 153 Å². The van der Waals surface area contributed by atoms with E-state index in [1.54, 1.807) is 12.1 Å². The van der Waals surface area contributed by atoms with E-state index in [1.165, 1.54) is 23.9 Å². The highest BCUT2D eigenvalue weighted by atomic mass is 32.2. The minimum Gasteiger partial charge on any atom is -0.507 e. The highest BCUT2D eigenvalue weighted by Gasteiger charge is 2.37. The Morgan fingerprint density at radius 1 is 0.692 bits per heavy atom. The lowest BCUT2D eigenvalue weighted by Gasteiger charge is -2.22. The van der Waals surface area contributed by atoms with Crippen LogP contribution in [0.4, 0.5) is 5.69 Å². The summed E-state index contributed by atoms with van der Waals surface area (Å²) in [7, 11) is 0. The monoisotopic (exact) mass is 363 g/mol. The number of carbonyl (C=O) groups is 2. The summed E-state index contributed by atoms with van der Waals surface area (Å²) in [5, 5.41) is 20.2. The number of hydrogen-bond acceptors (Lipinski definition) is 6. The second-order valence-electron chi connectivity index (χ2n) is 5.83. The maximum atomic E-state index is 13.1. The first kappa shape index (κ1) is 16.2. The molecule has 5 nitrogen and oxygen atoms in total. The molecule has 6 heteroatoms. The molecule has 128 valence electrons. The summed E-state index contributed by atoms with van der Waals surface area (Å²) in [5.74, 6) is -1.81. The van der Waals surface area contributed by atoms with Crippen LogP contribution in [-0.2, 0) is 0 Å². The van der Waals surface area contributed by atoms with Gasteiger partial charge in [0.1, 0.15) is 11.5 Å². The number of carbonyl (C=O) groups excluding carboxylic acids is 2. The van der Waals surface area contributed by atoms with Gasteiger partial charge < -0.3 is 15.9 Å². The third-order valence-electron chi connectivity index (χ3n) is 4.24. The van der Waals surface area contributed by atoms with Crippen LogP contribution in [0.15, 0.2) is 64.4 Å². The zero-order valence-corrected chi connectivity index (χ0v) is 14.2. The molecule has 0 aliphatic heterocycles. The number of nitrogen functional groups attached to an aromatic ring is 1. The fraction of sp³-hybridized carbons (Fsp3) is 0. The number of hydrogen-bond donors (Lipinski definition) is 3. The highest BCUT2D eigenvalue weighted by molar-refractivity contribution is 7.99. The molecule has 3 aromatic carbocycles. The van der Waals surface area contributed by atoms with Gasteiger partial charge in [-0.25, -0.2) is 0 Å². The molecule has 0 spiro atoms. The normalized spacial score (nSPS) is 12.6. The molecule has 4 N–H and O–H groups in total. The Hall–Kier alpha value is -3.25. The first-order valence-electron chi connectivity index (χ1n) is 7.78. The van der Waals surface area contributed by atoms with E-state index >= 15 is 0 Å². The van der Waals surface area contributed by atoms with Crippen molar-refractivity contribution in [3.8, 4) is 11.5 Å². The molecule has 0 saturated heterocycles. The van der Waals surface area contributed by atoms with Crippen molar-refractivity contribution in [1.29, 1.82) is 0 Å². The van der Waals surface area contributed by atoms with Crippen molar-refractivity contribution >= 4 is 29.0 Å². The van der Waals surface area contributed by atoms with Gasteiger partial charge in [-0.1, -0.05) is 30.0 Å². The lowest BCUT2D eigenvalue weighted by molar-refractivity contribution is 0.0972. The Morgan fingerprint density at radius 3 is 1.88 bits per heavy atom. The van der Waals surface area contributed by atoms with E-state index in [1.807, 2.05) is 30.3 Å². The molecule has 0 unspecified atom stereocenters. The summed E-state index contributed by atoms with van der Waals surface area (Å²) in [6.07, 6.45) is 0. The highest BCUT2D eigenvalue weighted by Crippen LogP contribution is 2.43. The Morgan fingerprint density at radius 2 is 1.27 bits per heavy atom. The summed E-state index contributed by atoms with van der Waals surface area (Å²) in [5.41, 5.74) is 5.94. The number of fused-ring (bicyclic) bond motifs is 2. The molecule has 0 radical (unpaired) electrons. The summed E-state index contributed by atoms with van der Waals surface area (Å²) in [6, 6.07) is 15.0. The van der Waals surface area contributed by atoms with Gasteiger partial charge in [-0.15, -0.1) is 0 Å². The summed E-state index contributed by atoms with van der Waals surface area (Å²) in [4.78, 5) is 27.5. The van der Waals surface area contributed by atoms with Crippen molar-refractivity contribution in [2.45, 2.75) is 9.79 Å². The molecular formula is C20H13NO4S. The van der Waals surface area contributed by atoms with Gasteiger partial charge in [-0.05, 0) is 36.4 Å². The number of nitrogens with two attached hydrogens (primary N) is 1. The molecule has 26 heavy (non-hydrogen) atoms. The van der Waals surface area contributed by atoms with Crippen LogP contribution < -0.4 is 5.73 Å². The van der Waals surface area contributed by atoms with Crippen LogP contribution >= 0.6 is 11.8 Å². The van der Waals surface area contributed by atoms with Crippen molar-refractivity contribution in [2.75, 3.05) is 5.73 Å². The van der Waals surface area contributed by atoms with E-state index < -0.39 is 11.6 Å². The smallest absolute Gasteiger partial charge is 0.200 e. The van der Waals surface area contributed by atoms with E-state index in [9.17, 15) is 19.8 Å². The molecule has 0 aromatic heterocycles. The van der Waals surface area contributed by atoms with Gasteiger partial charge in [0.05, 0.1) is 16.7 Å². The average molecular weight is 363 g/mol. The molecule has 0 amide bonds. The van der Waals surface area contributed by atoms with Crippen LogP contribution in [0.1, 0.15) is 31.8 Å². The lowest BCUT2D eigenvalue weighted by atomic mass is 9.82. The second kappa shape index (κ2) is 5.93. The third-order valence-corrected chi connectivity index (χ3v) is 5.31. The molecule has 4 rings (SSSR count). The first-order valence-corrected chi connectivity index (χ1v) is 8.60. The molecule has 1 aliphatic carbocycles. The largest absolute Gasteiger partial charge is 0.507 e. The lowest BCUT2D eigenvalue weighted by Crippen LogP contribution is -2.23. The molecule has 0 fully saturated rings. The predicted molar refractivity (Wildman–Crippen MR) is 98.1 cm³/mol. The van der Waals surface area contributed by atoms with Gasteiger partial charge in [-0.2, -0.15) is 0 Å². The molecule has 0 saturated carbocycles. The van der Waals surface area contributed by atoms with Gasteiger partial charge in [0.2, 0.25) is 5.78 Å². The molecular weight excluding hydrogens is 350 g/mol. The van der Waals surface area contributed by atoms with E-state index in [-0.39, 0.29) is 39.4 Å². The standard InChI is InChI=1S/C20H13NO4S/c21-11-6-9-14(26-10-4-2-1-3-5-10)18-15(11)19(24)16-12(22)7-8-13(23)17(16)20(18)25/h1-9,22-23H,21H2. The van der Waals surface area contributed by atoms with E-state index in [2.05, 4.69) is 0 Å². The SMILES string of the molecule is Nc1ccc(Sc2ccccc2)c2c1C(=O)c1c(O)ccc(O)c1C2=O. The van der Waals surface area contributed by atoms with Crippen molar-refractivity contribution in [3.63, 3.8) is 0 Å². The summed E-state index contributed by atoms with van der Waals surface area (Å²) in [6.45, 7) is 0. The maximum absolute atomic E-state index is 13.1. The van der Waals surface area contributed by atoms with Crippen LogP contribution in [0.3, 0.4) is 0 Å². The Bertz CT molecular complexity index is 1080. The van der Waals surface area contributed by atoms with Crippen LogP contribution in [-0.4, -0.2) is 21.8 Å². The topological polar surface area (TPSA) is 101 Å². The van der Waals surface area contributed by atoms with Crippen LogP contribution in [0, 0.1) is 0 Å². The van der Waals surface area contributed by atoms with Gasteiger partial charge in [0, 0.05) is 21.0 Å². The number of rotatable bonds is 2. The minimum absolute atomic E-state index is 0.0596. The van der Waals surface area contributed by atoms with E-state index in [0.29, 0.717) is 4.90 Å². The van der Waals surface area contributed by atoms with Crippen molar-refractivity contribution in [3.05, 3.63) is 76.9 Å². The number of benzene rings is 3. The molecule has 0 heterocycles. The third kappa shape index (κ3) is 2.34. The molecule has 3 aromatic rings. The molecule has 0 bridgehead atoms. The van der Waals surface area contributed by atoms with Crippen molar-refractivity contribution in [2.24, 2.45) is 0 Å². The zero-order valence-electron chi connectivity index (χ0n) is 13.4. The van der Waals surface area contributed by atoms with Gasteiger partial charge in [0.25, 0.3) is 0 Å². The fourth-order valence-electron chi connectivity index (χ4n) is 3.06. The van der Waals surface area contributed by atoms with Gasteiger partial charge in [0.15, 0.2) is 5.78 Å². The second-order valence-corrected chi connectivity index (χ2v) is 6.95. The van der Waals surface area contributed by atoms with Crippen LogP contribution in [0.25, 0.3) is 0 Å². The Balaban J connectivity index is 1.96. The van der Waals surface area contributed by atoms with Gasteiger partial charge >= 0.3 is 0 Å². The number of phenolic OH excluding ortho intramolecular Hbond substituents is 2. The van der Waals surface area contributed by atoms with E-state index in [4.69, 9.17) is 5.73 Å². The van der Waals surface area contributed by atoms with Crippen LogP contribution in [0.5, 0.6) is 11.5 Å². The zero-order chi connectivity index (χ0) is 18.4. The Kier molecular flexibility index (Phi) is 3.70. The van der Waals surface area contributed by atoms with Crippen LogP contribution in [0.2, 0.25) is 0 Å². The predicted octanol–water partition coefficient (Wildman–Crippen LogP) is 3.61. The van der Waals surface area contributed by atoms with Crippen molar-refractivity contribution in [1.82, 2.24) is 0 Å². The van der Waals surface area contributed by atoms with Crippen molar-refractivity contribution < 1.29 is 19.8 Å². The minimum atomic E-state index is -0.573. The molecule has 0 atom stereocenters. The summed E-state index contributed by atoms with van der Waals surface area (Å²) >= 11 is 1.33. The first-order chi connectivity index (χ1) is 12.5. The summed E-state index contributed by atoms with van der Waals surface area (Å²) < 4.78 is 0. The number of ketones is 2. The van der Waals surface area contributed by atoms with E-state index in [0.717, 1.165) is 4.90 Å². The number of anilines is 1. The number of aromatic hydroxyl groups is 2. The fourth-order valence-corrected chi connectivity index (χ4v) is 4.04. The average Bonchev–Trinajstić information content (AvgIpc) is 2.63. The maximum Gasteiger partial charge on any atom is 0.200 e. The quantitative estimate of drug-likeness (QED) is 0.372. The molecule has 1 aliphatic rings. The number of phenols is 2. The van der Waals surface area contributed by atoms with Gasteiger partial charge in [-0.3, -0.25) is 9.59 Å².